The predicted octanol–water partition coefficient (Wildman–Crippen LogP) is 6.15. The number of nitrogens with zero attached hydrogens (tertiary/aromatic N) is 4. The zero-order valence-electron chi connectivity index (χ0n) is 22.2. The van der Waals surface area contributed by atoms with Crippen LogP contribution < -0.4 is 14.5 Å². The number of aliphatic hydroxyl groups excluding tert-OH is 1. The van der Waals surface area contributed by atoms with E-state index in [1.54, 1.807) is 7.11 Å². The summed E-state index contributed by atoms with van der Waals surface area (Å²) in [5, 5.41) is 11.2. The van der Waals surface area contributed by atoms with Crippen molar-refractivity contribution >= 4 is 27.3 Å². The number of halogens is 1. The van der Waals surface area contributed by atoms with Gasteiger partial charge in [-0.1, -0.05) is 28.1 Å². The van der Waals surface area contributed by atoms with E-state index >= 15 is 0 Å². The molecule has 4 aromatic rings. The second-order valence-electron chi connectivity index (χ2n) is 10.3. The van der Waals surface area contributed by atoms with E-state index in [1.165, 1.54) is 0 Å². The summed E-state index contributed by atoms with van der Waals surface area (Å²) >= 11 is 3.51. The number of β-amino-alcohol motifs (C(OH)–C–C–N with tert-alkyl or cyclic N) is 1. The van der Waals surface area contributed by atoms with Gasteiger partial charge in [-0.15, -0.1) is 0 Å². The second-order valence-corrected chi connectivity index (χ2v) is 11.2. The van der Waals surface area contributed by atoms with Crippen molar-refractivity contribution in [2.45, 2.75) is 31.8 Å². The number of aromatic nitrogens is 2. The molecule has 1 N–H and O–H groups in total. The molecule has 6 rings (SSSR count). The van der Waals surface area contributed by atoms with E-state index in [0.717, 1.165) is 94.3 Å². The van der Waals surface area contributed by atoms with Crippen molar-refractivity contribution in [3.05, 3.63) is 88.7 Å². The summed E-state index contributed by atoms with van der Waals surface area (Å²) < 4.78 is 6.35. The minimum Gasteiger partial charge on any atom is -0.497 e. The normalized spacial score (nSPS) is 15.5. The van der Waals surface area contributed by atoms with Crippen LogP contribution in [0.25, 0.3) is 22.5 Å². The number of benzene rings is 2. The number of fused-ring (bicyclic) bond motifs is 2. The first kappa shape index (κ1) is 25.8. The van der Waals surface area contributed by atoms with Crippen LogP contribution in [0.1, 0.15) is 24.2 Å². The van der Waals surface area contributed by atoms with Crippen molar-refractivity contribution < 1.29 is 9.84 Å². The minimum atomic E-state index is -0.477. The van der Waals surface area contributed by atoms with E-state index < -0.39 is 6.10 Å². The summed E-state index contributed by atoms with van der Waals surface area (Å²) in [6.45, 7) is 3.05. The number of rotatable bonds is 7. The Bertz CT molecular complexity index is 1440. The molecule has 0 aliphatic carbocycles. The van der Waals surface area contributed by atoms with Crippen LogP contribution in [-0.4, -0.2) is 54.5 Å². The van der Waals surface area contributed by atoms with Gasteiger partial charge >= 0.3 is 0 Å². The van der Waals surface area contributed by atoms with Crippen LogP contribution in [0.15, 0.2) is 77.3 Å². The fourth-order valence-corrected chi connectivity index (χ4v) is 5.96. The quantitative estimate of drug-likeness (QED) is 0.281. The highest BCUT2D eigenvalue weighted by molar-refractivity contribution is 9.10. The maximum atomic E-state index is 11.2. The predicted molar refractivity (Wildman–Crippen MR) is 161 cm³/mol. The van der Waals surface area contributed by atoms with Gasteiger partial charge in [0.15, 0.2) is 0 Å². The summed E-state index contributed by atoms with van der Waals surface area (Å²) in [4.78, 5) is 14.6. The molecule has 0 spiro atoms. The van der Waals surface area contributed by atoms with Crippen LogP contribution in [0.2, 0.25) is 0 Å². The first-order valence-electron chi connectivity index (χ1n) is 13.7. The fraction of sp³-hybridized carbons (Fsp3) is 0.312. The summed E-state index contributed by atoms with van der Waals surface area (Å²) in [5.41, 5.74) is 8.67. The van der Waals surface area contributed by atoms with Gasteiger partial charge in [0.25, 0.3) is 0 Å². The molecule has 4 heterocycles. The van der Waals surface area contributed by atoms with Crippen LogP contribution in [-0.2, 0) is 12.8 Å². The third kappa shape index (κ3) is 5.65. The Kier molecular flexibility index (Phi) is 7.53. The maximum absolute atomic E-state index is 11.2. The first-order chi connectivity index (χ1) is 19.1. The number of hydrogen-bond donors (Lipinski definition) is 1. The fourth-order valence-electron chi connectivity index (χ4n) is 5.70. The van der Waals surface area contributed by atoms with Gasteiger partial charge < -0.3 is 19.6 Å². The number of aryl methyl sites for hydroxylation is 2. The average molecular weight is 586 g/mol. The lowest BCUT2D eigenvalue weighted by Crippen LogP contribution is -2.43. The molecule has 0 fully saturated rings. The third-order valence-corrected chi connectivity index (χ3v) is 8.18. The zero-order chi connectivity index (χ0) is 26.8. The Morgan fingerprint density at radius 1 is 0.744 bits per heavy atom. The standard InChI is InChI=1S/C32H33BrN4O2/c1-39-26-12-8-23(9-13-26)28-15-17-32-30(35-28)5-3-19-37(32)21-25(38)20-36-18-2-4-29-31(36)16-14-27(34-29)22-6-10-24(33)11-7-22/h6-17,25,38H,2-5,18-21H2,1H3/t25-/m1/s1. The molecule has 0 saturated carbocycles. The van der Waals surface area contributed by atoms with Gasteiger partial charge in [-0.25, -0.2) is 0 Å². The Balaban J connectivity index is 1.14. The van der Waals surface area contributed by atoms with Crippen molar-refractivity contribution in [3.63, 3.8) is 0 Å². The third-order valence-electron chi connectivity index (χ3n) is 7.65. The van der Waals surface area contributed by atoms with Crippen LogP contribution in [0.3, 0.4) is 0 Å². The van der Waals surface area contributed by atoms with Gasteiger partial charge in [0.2, 0.25) is 0 Å². The summed E-state index contributed by atoms with van der Waals surface area (Å²) in [6, 6.07) is 24.8. The second kappa shape index (κ2) is 11.4. The lowest BCUT2D eigenvalue weighted by atomic mass is 10.0. The number of methoxy groups -OCH3 is 1. The maximum Gasteiger partial charge on any atom is 0.118 e. The average Bonchev–Trinajstić information content (AvgIpc) is 2.97. The van der Waals surface area contributed by atoms with E-state index in [1.807, 2.05) is 36.4 Å². The molecule has 200 valence electrons. The van der Waals surface area contributed by atoms with Gasteiger partial charge in [-0.05, 0) is 86.3 Å². The van der Waals surface area contributed by atoms with Gasteiger partial charge in [0.05, 0.1) is 47.4 Å². The highest BCUT2D eigenvalue weighted by Gasteiger charge is 2.25. The van der Waals surface area contributed by atoms with Gasteiger partial charge in [-0.3, -0.25) is 9.97 Å². The highest BCUT2D eigenvalue weighted by atomic mass is 79.9. The molecule has 0 bridgehead atoms. The van der Waals surface area contributed by atoms with Crippen LogP contribution in [0.4, 0.5) is 11.4 Å². The molecule has 39 heavy (non-hydrogen) atoms. The monoisotopic (exact) mass is 584 g/mol. The van der Waals surface area contributed by atoms with Crippen LogP contribution >= 0.6 is 15.9 Å². The Hall–Kier alpha value is -3.42. The zero-order valence-corrected chi connectivity index (χ0v) is 23.8. The SMILES string of the molecule is COc1ccc(-c2ccc3c(n2)CCCN3C[C@H](O)CN2CCCc3nc(-c4ccc(Br)cc4)ccc32)cc1. The summed E-state index contributed by atoms with van der Waals surface area (Å²) in [6.07, 6.45) is 3.52. The number of pyridine rings is 2. The van der Waals surface area contributed by atoms with Crippen LogP contribution in [0, 0.1) is 0 Å². The lowest BCUT2D eigenvalue weighted by Gasteiger charge is -2.36. The molecule has 2 aromatic heterocycles. The van der Waals surface area contributed by atoms with Gasteiger partial charge in [0, 0.05) is 41.8 Å². The number of hydrogen-bond acceptors (Lipinski definition) is 6. The topological polar surface area (TPSA) is 61.7 Å². The number of ether oxygens (including phenoxy) is 1. The van der Waals surface area contributed by atoms with E-state index in [0.29, 0.717) is 13.1 Å². The Morgan fingerprint density at radius 2 is 1.23 bits per heavy atom. The molecular weight excluding hydrogens is 552 g/mol. The number of anilines is 2. The van der Waals surface area contributed by atoms with Crippen molar-refractivity contribution in [1.29, 1.82) is 0 Å². The molecule has 2 aliphatic rings. The Labute approximate surface area is 238 Å². The van der Waals surface area contributed by atoms with Gasteiger partial charge in [-0.2, -0.15) is 0 Å². The lowest BCUT2D eigenvalue weighted by molar-refractivity contribution is 0.183. The van der Waals surface area contributed by atoms with Gasteiger partial charge in [0.1, 0.15) is 5.75 Å². The number of aliphatic hydroxyl groups is 1. The van der Waals surface area contributed by atoms with E-state index in [2.05, 4.69) is 62.1 Å². The van der Waals surface area contributed by atoms with Crippen molar-refractivity contribution in [2.75, 3.05) is 43.1 Å². The molecule has 0 radical (unpaired) electrons. The summed E-state index contributed by atoms with van der Waals surface area (Å²) in [7, 11) is 1.68. The molecule has 1 atom stereocenters. The van der Waals surface area contributed by atoms with E-state index in [-0.39, 0.29) is 0 Å². The molecule has 0 saturated heterocycles. The smallest absolute Gasteiger partial charge is 0.118 e. The molecular formula is C32H33BrN4O2. The van der Waals surface area contributed by atoms with E-state index in [4.69, 9.17) is 14.7 Å². The molecule has 7 heteroatoms. The molecule has 2 aromatic carbocycles. The molecule has 2 aliphatic heterocycles. The van der Waals surface area contributed by atoms with Crippen molar-refractivity contribution in [2.24, 2.45) is 0 Å². The Morgan fingerprint density at radius 3 is 1.72 bits per heavy atom. The molecule has 6 nitrogen and oxygen atoms in total. The minimum absolute atomic E-state index is 0.477. The summed E-state index contributed by atoms with van der Waals surface area (Å²) in [5.74, 6) is 0.842. The van der Waals surface area contributed by atoms with Crippen molar-refractivity contribution in [3.8, 4) is 28.3 Å². The van der Waals surface area contributed by atoms with Crippen LogP contribution in [0.5, 0.6) is 5.75 Å². The first-order valence-corrected chi connectivity index (χ1v) is 14.4. The van der Waals surface area contributed by atoms with E-state index in [9.17, 15) is 5.11 Å². The highest BCUT2D eigenvalue weighted by Crippen LogP contribution is 2.32. The molecule has 0 amide bonds. The largest absolute Gasteiger partial charge is 0.497 e. The molecule has 0 unspecified atom stereocenters. The van der Waals surface area contributed by atoms with Crippen molar-refractivity contribution in [1.82, 2.24) is 9.97 Å².